The molecule has 1 aliphatic rings. The Morgan fingerprint density at radius 2 is 2.00 bits per heavy atom. The fourth-order valence-electron chi connectivity index (χ4n) is 4.49. The van der Waals surface area contributed by atoms with Crippen molar-refractivity contribution >= 4 is 11.4 Å². The number of rotatable bonds is 13. The summed E-state index contributed by atoms with van der Waals surface area (Å²) >= 11 is 0. The smallest absolute Gasteiger partial charge is 0.185 e. The first-order chi connectivity index (χ1) is 18.8. The molecule has 1 aromatic carbocycles. The van der Waals surface area contributed by atoms with Gasteiger partial charge in [0.2, 0.25) is 0 Å². The number of hydrogen-bond acceptors (Lipinski definition) is 7. The number of fused-ring (bicyclic) bond motifs is 1. The standard InChI is InChI=1S/C28H32F2N6O3/c1-34(2)10-11-39-17-20-12-19(18-4-5-18)13-35-14-21(31-28(20)35)15-36-16-24(32-33-36)25(37)8-6-22-23(29)7-9-26(38-3)27(22)30/h7,9,12-14,16,18H,4-6,8,10-11,15,17H2,1-3H3. The van der Waals surface area contributed by atoms with Gasteiger partial charge in [-0.15, -0.1) is 5.10 Å². The van der Waals surface area contributed by atoms with Gasteiger partial charge in [0, 0.05) is 36.5 Å². The van der Waals surface area contributed by atoms with Crippen LogP contribution in [0.1, 0.15) is 58.1 Å². The zero-order valence-corrected chi connectivity index (χ0v) is 22.4. The second kappa shape index (κ2) is 11.6. The zero-order chi connectivity index (χ0) is 27.5. The highest BCUT2D eigenvalue weighted by Gasteiger charge is 2.25. The average molecular weight is 539 g/mol. The fraction of sp³-hybridized carbons (Fsp3) is 0.429. The van der Waals surface area contributed by atoms with Crippen molar-refractivity contribution in [3.8, 4) is 5.75 Å². The van der Waals surface area contributed by atoms with Crippen LogP contribution in [-0.2, 0) is 24.3 Å². The number of likely N-dealkylation sites (N-methyl/N-ethyl adjacent to an activating group) is 1. The topological polar surface area (TPSA) is 86.8 Å². The van der Waals surface area contributed by atoms with Crippen molar-refractivity contribution in [1.29, 1.82) is 0 Å². The van der Waals surface area contributed by atoms with Crippen molar-refractivity contribution < 1.29 is 23.0 Å². The van der Waals surface area contributed by atoms with Crippen LogP contribution < -0.4 is 4.74 Å². The Morgan fingerprint density at radius 3 is 2.74 bits per heavy atom. The van der Waals surface area contributed by atoms with E-state index in [9.17, 15) is 13.6 Å². The van der Waals surface area contributed by atoms with Gasteiger partial charge in [-0.3, -0.25) is 4.79 Å². The molecular formula is C28H32F2N6O3. The molecule has 3 aromatic heterocycles. The summed E-state index contributed by atoms with van der Waals surface area (Å²) in [7, 11) is 5.33. The summed E-state index contributed by atoms with van der Waals surface area (Å²) < 4.78 is 42.9. The maximum absolute atomic E-state index is 14.4. The predicted molar refractivity (Wildman–Crippen MR) is 140 cm³/mol. The van der Waals surface area contributed by atoms with Gasteiger partial charge in [0.15, 0.2) is 17.3 Å². The van der Waals surface area contributed by atoms with Gasteiger partial charge < -0.3 is 18.8 Å². The van der Waals surface area contributed by atoms with Crippen LogP contribution in [0.5, 0.6) is 5.75 Å². The van der Waals surface area contributed by atoms with Crippen LogP contribution in [0.25, 0.3) is 5.65 Å². The fourth-order valence-corrected chi connectivity index (χ4v) is 4.49. The highest BCUT2D eigenvalue weighted by Crippen LogP contribution is 2.40. The Labute approximate surface area is 225 Å². The monoisotopic (exact) mass is 538 g/mol. The molecule has 0 amide bonds. The van der Waals surface area contributed by atoms with Crippen molar-refractivity contribution in [2.45, 2.75) is 44.8 Å². The largest absolute Gasteiger partial charge is 0.494 e. The van der Waals surface area contributed by atoms with Crippen LogP contribution in [0.2, 0.25) is 0 Å². The molecule has 5 rings (SSSR count). The molecule has 0 aliphatic heterocycles. The molecule has 0 bridgehead atoms. The number of hydrogen-bond donors (Lipinski definition) is 0. The van der Waals surface area contributed by atoms with Crippen LogP contribution in [-0.4, -0.2) is 69.4 Å². The third-order valence-electron chi connectivity index (χ3n) is 6.81. The van der Waals surface area contributed by atoms with Crippen molar-refractivity contribution in [3.63, 3.8) is 0 Å². The summed E-state index contributed by atoms with van der Waals surface area (Å²) in [6.07, 6.45) is 7.78. The first-order valence-corrected chi connectivity index (χ1v) is 13.0. The molecule has 0 N–H and O–H groups in total. The second-order valence-corrected chi connectivity index (χ2v) is 10.2. The Balaban J connectivity index is 1.27. The Hall–Kier alpha value is -3.70. The first-order valence-electron chi connectivity index (χ1n) is 13.0. The van der Waals surface area contributed by atoms with E-state index >= 15 is 0 Å². The molecule has 9 nitrogen and oxygen atoms in total. The van der Waals surface area contributed by atoms with Crippen LogP contribution >= 0.6 is 0 Å². The normalized spacial score (nSPS) is 13.5. The predicted octanol–water partition coefficient (Wildman–Crippen LogP) is 4.03. The number of pyridine rings is 1. The number of carbonyl (C=O) groups is 1. The van der Waals surface area contributed by atoms with E-state index in [1.165, 1.54) is 42.5 Å². The highest BCUT2D eigenvalue weighted by molar-refractivity contribution is 5.94. The minimum Gasteiger partial charge on any atom is -0.494 e. The highest BCUT2D eigenvalue weighted by atomic mass is 19.1. The lowest BCUT2D eigenvalue weighted by Gasteiger charge is -2.11. The van der Waals surface area contributed by atoms with Gasteiger partial charge in [0.05, 0.1) is 38.8 Å². The van der Waals surface area contributed by atoms with Crippen LogP contribution in [0.15, 0.2) is 36.8 Å². The lowest BCUT2D eigenvalue weighted by atomic mass is 10.0. The Kier molecular flexibility index (Phi) is 7.99. The number of Topliss-reactive ketones (excluding diaryl/α,β-unsaturated/α-hetero) is 1. The summed E-state index contributed by atoms with van der Waals surface area (Å²) in [6, 6.07) is 4.54. The molecule has 1 aliphatic carbocycles. The van der Waals surface area contributed by atoms with Gasteiger partial charge in [-0.1, -0.05) is 5.21 Å². The third kappa shape index (κ3) is 6.31. The SMILES string of the molecule is COc1ccc(F)c(CCC(=O)c2cn(Cc3cn4cc(C5CC5)cc(COCCN(C)C)c4n3)nn2)c1F. The molecule has 206 valence electrons. The van der Waals surface area contributed by atoms with E-state index in [-0.39, 0.29) is 35.6 Å². The van der Waals surface area contributed by atoms with Gasteiger partial charge in [-0.25, -0.2) is 18.4 Å². The number of imidazole rings is 1. The number of aromatic nitrogens is 5. The Morgan fingerprint density at radius 1 is 1.18 bits per heavy atom. The average Bonchev–Trinajstić information content (AvgIpc) is 3.52. The molecule has 11 heteroatoms. The molecule has 3 heterocycles. The minimum atomic E-state index is -0.798. The van der Waals surface area contributed by atoms with E-state index in [4.69, 9.17) is 14.5 Å². The number of carbonyl (C=O) groups excluding carboxylic acids is 1. The molecule has 1 fully saturated rings. The lowest BCUT2D eigenvalue weighted by molar-refractivity contribution is 0.0977. The number of halogens is 2. The number of benzene rings is 1. The van der Waals surface area contributed by atoms with Crippen molar-refractivity contribution in [2.75, 3.05) is 34.4 Å². The molecule has 39 heavy (non-hydrogen) atoms. The molecule has 0 radical (unpaired) electrons. The van der Waals surface area contributed by atoms with Crippen LogP contribution in [0.4, 0.5) is 8.78 Å². The maximum atomic E-state index is 14.4. The minimum absolute atomic E-state index is 0.0650. The Bertz CT molecular complexity index is 1480. The van der Waals surface area contributed by atoms with E-state index in [0.717, 1.165) is 29.5 Å². The molecule has 0 unspecified atom stereocenters. The van der Waals surface area contributed by atoms with Crippen LogP contribution in [0.3, 0.4) is 0 Å². The maximum Gasteiger partial charge on any atom is 0.185 e. The molecule has 0 atom stereocenters. The molecular weight excluding hydrogens is 506 g/mol. The molecule has 0 saturated heterocycles. The second-order valence-electron chi connectivity index (χ2n) is 10.2. The van der Waals surface area contributed by atoms with Crippen molar-refractivity contribution in [2.24, 2.45) is 0 Å². The van der Waals surface area contributed by atoms with E-state index < -0.39 is 11.6 Å². The molecule has 0 spiro atoms. The zero-order valence-electron chi connectivity index (χ0n) is 22.4. The van der Waals surface area contributed by atoms with E-state index in [1.807, 2.05) is 24.7 Å². The van der Waals surface area contributed by atoms with Crippen LogP contribution in [0, 0.1) is 11.6 Å². The lowest BCUT2D eigenvalue weighted by Crippen LogP contribution is -2.18. The summed E-state index contributed by atoms with van der Waals surface area (Å²) in [5.41, 5.74) is 3.87. The first kappa shape index (κ1) is 26.9. The van der Waals surface area contributed by atoms with E-state index in [1.54, 1.807) is 0 Å². The van der Waals surface area contributed by atoms with E-state index in [0.29, 0.717) is 25.7 Å². The van der Waals surface area contributed by atoms with Gasteiger partial charge in [-0.2, -0.15) is 0 Å². The van der Waals surface area contributed by atoms with Crippen molar-refractivity contribution in [1.82, 2.24) is 29.3 Å². The number of ether oxygens (including phenoxy) is 2. The van der Waals surface area contributed by atoms with Crippen molar-refractivity contribution in [3.05, 3.63) is 76.5 Å². The number of nitrogens with zero attached hydrogens (tertiary/aromatic N) is 6. The third-order valence-corrected chi connectivity index (χ3v) is 6.81. The summed E-state index contributed by atoms with van der Waals surface area (Å²) in [6.45, 7) is 2.27. The number of ketones is 1. The molecule has 1 saturated carbocycles. The summed E-state index contributed by atoms with van der Waals surface area (Å²) in [5.74, 6) is -1.35. The van der Waals surface area contributed by atoms with Gasteiger partial charge in [-0.05, 0) is 63.0 Å². The quantitative estimate of drug-likeness (QED) is 0.188. The van der Waals surface area contributed by atoms with Gasteiger partial charge >= 0.3 is 0 Å². The molecule has 4 aromatic rings. The summed E-state index contributed by atoms with van der Waals surface area (Å²) in [5, 5.41) is 8.05. The summed E-state index contributed by atoms with van der Waals surface area (Å²) in [4.78, 5) is 19.6. The number of methoxy groups -OCH3 is 1. The van der Waals surface area contributed by atoms with Gasteiger partial charge in [0.1, 0.15) is 17.2 Å². The van der Waals surface area contributed by atoms with Gasteiger partial charge in [0.25, 0.3) is 0 Å². The van der Waals surface area contributed by atoms with E-state index in [2.05, 4.69) is 27.5 Å².